The normalized spacial score (nSPS) is 19.6. The van der Waals surface area contributed by atoms with Crippen LogP contribution in [-0.2, 0) is 9.53 Å². The number of nitrogens with two attached hydrogens (primary N) is 1. The summed E-state index contributed by atoms with van der Waals surface area (Å²) in [6.45, 7) is 7.59. The highest BCUT2D eigenvalue weighted by atomic mass is 16.5. The van der Waals surface area contributed by atoms with E-state index in [1.54, 1.807) is 0 Å². The monoisotopic (exact) mass is 229 g/mol. The van der Waals surface area contributed by atoms with E-state index in [4.69, 9.17) is 10.5 Å². The average Bonchev–Trinajstić information content (AvgIpc) is 2.30. The molecule has 0 aliphatic carbocycles. The van der Waals surface area contributed by atoms with Gasteiger partial charge in [0.15, 0.2) is 0 Å². The van der Waals surface area contributed by atoms with Crippen LogP contribution in [0.25, 0.3) is 0 Å². The molecule has 1 rings (SSSR count). The van der Waals surface area contributed by atoms with Crippen molar-refractivity contribution in [2.24, 2.45) is 5.73 Å². The first-order chi connectivity index (χ1) is 7.74. The molecule has 1 heterocycles. The maximum absolute atomic E-state index is 11.0. The predicted octanol–water partition coefficient (Wildman–Crippen LogP) is -0.438. The van der Waals surface area contributed by atoms with Gasteiger partial charge in [0.2, 0.25) is 5.91 Å². The van der Waals surface area contributed by atoms with Crippen LogP contribution in [0.4, 0.5) is 0 Å². The van der Waals surface area contributed by atoms with Crippen molar-refractivity contribution in [3.63, 3.8) is 0 Å². The molecule has 1 unspecified atom stereocenters. The van der Waals surface area contributed by atoms with Gasteiger partial charge in [-0.25, -0.2) is 0 Å². The molecule has 1 fully saturated rings. The number of hydrogen-bond donors (Lipinski definition) is 2. The third-order valence-electron chi connectivity index (χ3n) is 2.90. The minimum atomic E-state index is -0.256. The van der Waals surface area contributed by atoms with E-state index in [1.807, 2.05) is 6.92 Å². The first-order valence-corrected chi connectivity index (χ1v) is 6.07. The Morgan fingerprint density at radius 3 is 2.75 bits per heavy atom. The van der Waals surface area contributed by atoms with Crippen molar-refractivity contribution >= 4 is 5.91 Å². The van der Waals surface area contributed by atoms with E-state index in [9.17, 15) is 4.79 Å². The van der Waals surface area contributed by atoms with E-state index >= 15 is 0 Å². The lowest BCUT2D eigenvalue weighted by Gasteiger charge is -2.26. The molecule has 1 aliphatic rings. The molecule has 1 atom stereocenters. The first kappa shape index (κ1) is 13.4. The number of nitrogens with one attached hydrogen (secondary N) is 1. The summed E-state index contributed by atoms with van der Waals surface area (Å²) < 4.78 is 5.27. The summed E-state index contributed by atoms with van der Waals surface area (Å²) in [6.07, 6.45) is 1.80. The molecule has 0 saturated carbocycles. The Balaban J connectivity index is 2.03. The van der Waals surface area contributed by atoms with Crippen LogP contribution in [0.1, 0.15) is 19.8 Å². The molecular formula is C11H23N3O2. The summed E-state index contributed by atoms with van der Waals surface area (Å²) in [4.78, 5) is 13.3. The second-order valence-corrected chi connectivity index (χ2v) is 4.12. The molecule has 94 valence electrons. The van der Waals surface area contributed by atoms with Crippen LogP contribution in [0.3, 0.4) is 0 Å². The zero-order valence-electron chi connectivity index (χ0n) is 10.1. The van der Waals surface area contributed by atoms with Gasteiger partial charge in [-0.15, -0.1) is 0 Å². The highest BCUT2D eigenvalue weighted by molar-refractivity contribution is 5.79. The molecule has 0 spiro atoms. The molecule has 0 aromatic heterocycles. The molecule has 5 nitrogen and oxygen atoms in total. The van der Waals surface area contributed by atoms with Crippen molar-refractivity contribution in [1.29, 1.82) is 0 Å². The number of nitrogens with zero attached hydrogens (tertiary/aromatic N) is 1. The van der Waals surface area contributed by atoms with E-state index in [-0.39, 0.29) is 11.9 Å². The molecule has 1 aliphatic heterocycles. The quantitative estimate of drug-likeness (QED) is 0.581. The van der Waals surface area contributed by atoms with Gasteiger partial charge < -0.3 is 15.8 Å². The van der Waals surface area contributed by atoms with Crippen molar-refractivity contribution in [3.05, 3.63) is 0 Å². The van der Waals surface area contributed by atoms with Gasteiger partial charge in [0, 0.05) is 13.1 Å². The zero-order chi connectivity index (χ0) is 11.8. The Kier molecular flexibility index (Phi) is 6.37. The van der Waals surface area contributed by atoms with E-state index in [1.165, 1.54) is 0 Å². The lowest BCUT2D eigenvalue weighted by Crippen LogP contribution is -2.42. The molecule has 16 heavy (non-hydrogen) atoms. The van der Waals surface area contributed by atoms with Crippen LogP contribution in [0.2, 0.25) is 0 Å². The molecule has 0 aromatic carbocycles. The van der Waals surface area contributed by atoms with Crippen LogP contribution in [0, 0.1) is 0 Å². The van der Waals surface area contributed by atoms with Gasteiger partial charge in [0.05, 0.1) is 19.3 Å². The first-order valence-electron chi connectivity index (χ1n) is 6.07. The Bertz CT molecular complexity index is 205. The Hall–Kier alpha value is -0.650. The Morgan fingerprint density at radius 1 is 1.50 bits per heavy atom. The largest absolute Gasteiger partial charge is 0.379 e. The highest BCUT2D eigenvalue weighted by Gasteiger charge is 2.12. The summed E-state index contributed by atoms with van der Waals surface area (Å²) in [6, 6.07) is -0.176. The van der Waals surface area contributed by atoms with Crippen molar-refractivity contribution in [2.45, 2.75) is 25.8 Å². The summed E-state index contributed by atoms with van der Waals surface area (Å²) in [5.74, 6) is -0.256. The molecule has 0 bridgehead atoms. The van der Waals surface area contributed by atoms with Crippen LogP contribution >= 0.6 is 0 Å². The van der Waals surface area contributed by atoms with E-state index < -0.39 is 0 Å². The van der Waals surface area contributed by atoms with Crippen LogP contribution in [0.5, 0.6) is 0 Å². The number of primary amides is 1. The van der Waals surface area contributed by atoms with Gasteiger partial charge in [-0.2, -0.15) is 0 Å². The van der Waals surface area contributed by atoms with E-state index in [0.717, 1.165) is 52.2 Å². The second-order valence-electron chi connectivity index (χ2n) is 4.12. The van der Waals surface area contributed by atoms with Crippen LogP contribution < -0.4 is 11.1 Å². The van der Waals surface area contributed by atoms with Gasteiger partial charge in [-0.1, -0.05) is 6.92 Å². The number of ether oxygens (including phenoxy) is 1. The summed E-state index contributed by atoms with van der Waals surface area (Å²) >= 11 is 0. The molecule has 1 saturated heterocycles. The molecule has 1 amide bonds. The average molecular weight is 229 g/mol. The maximum Gasteiger partial charge on any atom is 0.234 e. The minimum Gasteiger partial charge on any atom is -0.379 e. The molecule has 5 heteroatoms. The zero-order valence-corrected chi connectivity index (χ0v) is 10.1. The van der Waals surface area contributed by atoms with Crippen molar-refractivity contribution in [3.8, 4) is 0 Å². The second kappa shape index (κ2) is 7.60. The van der Waals surface area contributed by atoms with Crippen LogP contribution in [-0.4, -0.2) is 56.2 Å². The SMILES string of the molecule is CCC(NCCCN1CCOCC1)C(N)=O. The summed E-state index contributed by atoms with van der Waals surface area (Å²) in [5.41, 5.74) is 5.24. The van der Waals surface area contributed by atoms with Gasteiger partial charge in [0.25, 0.3) is 0 Å². The molecule has 3 N–H and O–H groups in total. The molecule has 0 radical (unpaired) electrons. The van der Waals surface area contributed by atoms with Crippen molar-refractivity contribution in [2.75, 3.05) is 39.4 Å². The van der Waals surface area contributed by atoms with Gasteiger partial charge in [-0.3, -0.25) is 9.69 Å². The van der Waals surface area contributed by atoms with Crippen molar-refractivity contribution in [1.82, 2.24) is 10.2 Å². The fourth-order valence-corrected chi connectivity index (χ4v) is 1.85. The predicted molar refractivity (Wildman–Crippen MR) is 63.2 cm³/mol. The standard InChI is InChI=1S/C11H23N3O2/c1-2-10(11(12)15)13-4-3-5-14-6-8-16-9-7-14/h10,13H,2-9H2,1H3,(H2,12,15). The number of hydrogen-bond acceptors (Lipinski definition) is 4. The third-order valence-corrected chi connectivity index (χ3v) is 2.90. The lowest BCUT2D eigenvalue weighted by molar-refractivity contribution is -0.120. The van der Waals surface area contributed by atoms with Gasteiger partial charge in [0.1, 0.15) is 0 Å². The number of amides is 1. The fourth-order valence-electron chi connectivity index (χ4n) is 1.85. The smallest absolute Gasteiger partial charge is 0.234 e. The topological polar surface area (TPSA) is 67.6 Å². The van der Waals surface area contributed by atoms with E-state index in [2.05, 4.69) is 10.2 Å². The van der Waals surface area contributed by atoms with Gasteiger partial charge in [-0.05, 0) is 25.9 Å². The Morgan fingerprint density at radius 2 is 2.19 bits per heavy atom. The van der Waals surface area contributed by atoms with E-state index in [0.29, 0.717) is 0 Å². The van der Waals surface area contributed by atoms with Crippen molar-refractivity contribution < 1.29 is 9.53 Å². The lowest BCUT2D eigenvalue weighted by atomic mass is 10.2. The third kappa shape index (κ3) is 4.92. The summed E-state index contributed by atoms with van der Waals surface area (Å²) in [5, 5.41) is 3.18. The number of carbonyl (C=O) groups excluding carboxylic acids is 1. The minimum absolute atomic E-state index is 0.176. The molecule has 0 aromatic rings. The highest BCUT2D eigenvalue weighted by Crippen LogP contribution is 1.98. The number of morpholine rings is 1. The maximum atomic E-state index is 11.0. The molecular weight excluding hydrogens is 206 g/mol. The number of rotatable bonds is 7. The summed E-state index contributed by atoms with van der Waals surface area (Å²) in [7, 11) is 0. The van der Waals surface area contributed by atoms with Crippen LogP contribution in [0.15, 0.2) is 0 Å². The van der Waals surface area contributed by atoms with Gasteiger partial charge >= 0.3 is 0 Å². The number of carbonyl (C=O) groups is 1. The fraction of sp³-hybridized carbons (Fsp3) is 0.909. The Labute approximate surface area is 97.3 Å².